The summed E-state index contributed by atoms with van der Waals surface area (Å²) in [6.07, 6.45) is -4.37. The first kappa shape index (κ1) is 14.3. The second-order valence-electron chi connectivity index (χ2n) is 5.19. The van der Waals surface area contributed by atoms with Crippen LogP contribution in [0.2, 0.25) is 0 Å². The number of halogens is 3. The van der Waals surface area contributed by atoms with Crippen molar-refractivity contribution in [3.63, 3.8) is 0 Å². The van der Waals surface area contributed by atoms with E-state index in [1.54, 1.807) is 0 Å². The molecule has 0 saturated carbocycles. The third-order valence-corrected chi connectivity index (χ3v) is 3.37. The Morgan fingerprint density at radius 1 is 1.16 bits per heavy atom. The largest absolute Gasteiger partial charge is 0.416 e. The molecule has 1 N–H and O–H groups in total. The Balaban J connectivity index is 2.10. The topological polar surface area (TPSA) is 21.3 Å². The zero-order valence-corrected chi connectivity index (χ0v) is 11.0. The summed E-state index contributed by atoms with van der Waals surface area (Å²) in [6.45, 7) is 5.56. The molecule has 0 radical (unpaired) electrons. The van der Waals surface area contributed by atoms with Gasteiger partial charge in [0, 0.05) is 13.1 Å². The predicted molar refractivity (Wildman–Crippen MR) is 66.8 cm³/mol. The standard InChI is InChI=1S/C14H18F3NO/c1-9(2)12-7-18-8-13(19-12)10-3-5-11(6-4-10)14(15,16)17/h3-6,9,12-13,18H,7-8H2,1-2H3. The second kappa shape index (κ2) is 5.51. The van der Waals surface area contributed by atoms with Crippen molar-refractivity contribution in [1.29, 1.82) is 0 Å². The van der Waals surface area contributed by atoms with Crippen molar-refractivity contribution < 1.29 is 17.9 Å². The molecule has 106 valence electrons. The zero-order chi connectivity index (χ0) is 14.0. The Labute approximate surface area is 111 Å². The lowest BCUT2D eigenvalue weighted by molar-refractivity contribution is -0.137. The predicted octanol–water partition coefficient (Wildman–Crippen LogP) is 3.39. The van der Waals surface area contributed by atoms with E-state index in [9.17, 15) is 13.2 Å². The van der Waals surface area contributed by atoms with E-state index in [1.807, 2.05) is 0 Å². The van der Waals surface area contributed by atoms with E-state index in [0.717, 1.165) is 24.2 Å². The summed E-state index contributed by atoms with van der Waals surface area (Å²) in [7, 11) is 0. The molecule has 0 aromatic heterocycles. The first-order valence-electron chi connectivity index (χ1n) is 6.41. The van der Waals surface area contributed by atoms with Gasteiger partial charge in [-0.05, 0) is 23.6 Å². The van der Waals surface area contributed by atoms with Crippen LogP contribution in [0.25, 0.3) is 0 Å². The van der Waals surface area contributed by atoms with Crippen LogP contribution in [-0.4, -0.2) is 19.2 Å². The lowest BCUT2D eigenvalue weighted by Crippen LogP contribution is -2.43. The van der Waals surface area contributed by atoms with Gasteiger partial charge in [0.15, 0.2) is 0 Å². The molecule has 2 nitrogen and oxygen atoms in total. The highest BCUT2D eigenvalue weighted by Crippen LogP contribution is 2.31. The maximum absolute atomic E-state index is 12.5. The van der Waals surface area contributed by atoms with Gasteiger partial charge in [0.1, 0.15) is 0 Å². The normalized spacial score (nSPS) is 24.7. The number of ether oxygens (including phenoxy) is 1. The molecule has 0 amide bonds. The van der Waals surface area contributed by atoms with Crippen LogP contribution in [0.5, 0.6) is 0 Å². The maximum Gasteiger partial charge on any atom is 0.416 e. The Morgan fingerprint density at radius 2 is 1.79 bits per heavy atom. The van der Waals surface area contributed by atoms with Gasteiger partial charge in [0.25, 0.3) is 0 Å². The van der Waals surface area contributed by atoms with Crippen LogP contribution in [0.3, 0.4) is 0 Å². The SMILES string of the molecule is CC(C)C1CNCC(c2ccc(C(F)(F)F)cc2)O1. The van der Waals surface area contributed by atoms with Crippen molar-refractivity contribution in [2.24, 2.45) is 5.92 Å². The molecule has 1 fully saturated rings. The number of hydrogen-bond donors (Lipinski definition) is 1. The molecule has 1 aliphatic rings. The summed E-state index contributed by atoms with van der Waals surface area (Å²) >= 11 is 0. The number of morpholine rings is 1. The average Bonchev–Trinajstić information content (AvgIpc) is 2.38. The van der Waals surface area contributed by atoms with Crippen LogP contribution in [0, 0.1) is 5.92 Å². The van der Waals surface area contributed by atoms with Gasteiger partial charge in [0.05, 0.1) is 17.8 Å². The molecule has 1 heterocycles. The molecule has 2 unspecified atom stereocenters. The second-order valence-corrected chi connectivity index (χ2v) is 5.19. The number of hydrogen-bond acceptors (Lipinski definition) is 2. The fraction of sp³-hybridized carbons (Fsp3) is 0.571. The summed E-state index contributed by atoms with van der Waals surface area (Å²) in [5, 5.41) is 3.26. The summed E-state index contributed by atoms with van der Waals surface area (Å²) in [5.74, 6) is 0.379. The molecule has 1 aliphatic heterocycles. The number of benzene rings is 1. The molecule has 19 heavy (non-hydrogen) atoms. The first-order chi connectivity index (χ1) is 8.88. The lowest BCUT2D eigenvalue weighted by Gasteiger charge is -2.33. The van der Waals surface area contributed by atoms with Gasteiger partial charge >= 0.3 is 6.18 Å². The Morgan fingerprint density at radius 3 is 2.32 bits per heavy atom. The first-order valence-corrected chi connectivity index (χ1v) is 6.41. The smallest absolute Gasteiger partial charge is 0.367 e. The van der Waals surface area contributed by atoms with E-state index in [-0.39, 0.29) is 12.2 Å². The molecule has 2 atom stereocenters. The highest BCUT2D eigenvalue weighted by atomic mass is 19.4. The van der Waals surface area contributed by atoms with E-state index in [1.165, 1.54) is 12.1 Å². The molecule has 0 spiro atoms. The Kier molecular flexibility index (Phi) is 4.16. The molecular weight excluding hydrogens is 255 g/mol. The quantitative estimate of drug-likeness (QED) is 0.891. The lowest BCUT2D eigenvalue weighted by atomic mass is 10.0. The molecule has 1 saturated heterocycles. The van der Waals surface area contributed by atoms with Gasteiger partial charge in [-0.3, -0.25) is 0 Å². The van der Waals surface area contributed by atoms with Gasteiger partial charge in [-0.25, -0.2) is 0 Å². The fourth-order valence-corrected chi connectivity index (χ4v) is 2.14. The van der Waals surface area contributed by atoms with Gasteiger partial charge in [-0.1, -0.05) is 26.0 Å². The summed E-state index contributed by atoms with van der Waals surface area (Å²) < 4.78 is 43.4. The number of alkyl halides is 3. The minimum atomic E-state index is -4.29. The third kappa shape index (κ3) is 3.48. The average molecular weight is 273 g/mol. The van der Waals surface area contributed by atoms with E-state index < -0.39 is 11.7 Å². The number of rotatable bonds is 2. The summed E-state index contributed by atoms with van der Waals surface area (Å²) in [6, 6.07) is 5.21. The zero-order valence-electron chi connectivity index (χ0n) is 11.0. The third-order valence-electron chi connectivity index (χ3n) is 3.37. The van der Waals surface area contributed by atoms with E-state index in [0.29, 0.717) is 12.5 Å². The van der Waals surface area contributed by atoms with Crippen LogP contribution in [-0.2, 0) is 10.9 Å². The van der Waals surface area contributed by atoms with Crippen molar-refractivity contribution >= 4 is 0 Å². The van der Waals surface area contributed by atoms with Crippen molar-refractivity contribution in [2.45, 2.75) is 32.2 Å². The molecule has 1 aromatic rings. The van der Waals surface area contributed by atoms with Crippen LogP contribution in [0.15, 0.2) is 24.3 Å². The molecule has 1 aromatic carbocycles. The van der Waals surface area contributed by atoms with E-state index in [2.05, 4.69) is 19.2 Å². The van der Waals surface area contributed by atoms with Crippen molar-refractivity contribution in [1.82, 2.24) is 5.32 Å². The maximum atomic E-state index is 12.5. The summed E-state index contributed by atoms with van der Waals surface area (Å²) in [5.41, 5.74) is 0.159. The van der Waals surface area contributed by atoms with E-state index >= 15 is 0 Å². The van der Waals surface area contributed by atoms with Crippen LogP contribution < -0.4 is 5.32 Å². The van der Waals surface area contributed by atoms with Gasteiger partial charge < -0.3 is 10.1 Å². The van der Waals surface area contributed by atoms with Gasteiger partial charge in [-0.15, -0.1) is 0 Å². The van der Waals surface area contributed by atoms with Crippen LogP contribution in [0.1, 0.15) is 31.1 Å². The minimum Gasteiger partial charge on any atom is -0.367 e. The van der Waals surface area contributed by atoms with Crippen LogP contribution >= 0.6 is 0 Å². The molecular formula is C14H18F3NO. The fourth-order valence-electron chi connectivity index (χ4n) is 2.14. The Bertz CT molecular complexity index is 414. The molecule has 5 heteroatoms. The molecule has 0 aliphatic carbocycles. The Hall–Kier alpha value is -1.07. The van der Waals surface area contributed by atoms with E-state index in [4.69, 9.17) is 4.74 Å². The number of nitrogens with one attached hydrogen (secondary N) is 1. The summed E-state index contributed by atoms with van der Waals surface area (Å²) in [4.78, 5) is 0. The molecule has 0 bridgehead atoms. The van der Waals surface area contributed by atoms with Gasteiger partial charge in [0.2, 0.25) is 0 Å². The minimum absolute atomic E-state index is 0.0982. The van der Waals surface area contributed by atoms with Crippen molar-refractivity contribution in [3.8, 4) is 0 Å². The van der Waals surface area contributed by atoms with Crippen LogP contribution in [0.4, 0.5) is 13.2 Å². The highest BCUT2D eigenvalue weighted by Gasteiger charge is 2.31. The molecule has 2 rings (SSSR count). The van der Waals surface area contributed by atoms with Crippen molar-refractivity contribution in [2.75, 3.05) is 13.1 Å². The van der Waals surface area contributed by atoms with Gasteiger partial charge in [-0.2, -0.15) is 13.2 Å². The monoisotopic (exact) mass is 273 g/mol. The highest BCUT2D eigenvalue weighted by molar-refractivity contribution is 5.26. The van der Waals surface area contributed by atoms with Crippen molar-refractivity contribution in [3.05, 3.63) is 35.4 Å².